The number of hydrogen-bond donors (Lipinski definition) is 0. The van der Waals surface area contributed by atoms with Gasteiger partial charge in [0, 0.05) is 45.0 Å². The molecule has 0 spiro atoms. The predicted octanol–water partition coefficient (Wildman–Crippen LogP) is 15.1. The van der Waals surface area contributed by atoms with Crippen molar-refractivity contribution in [3.05, 3.63) is 204 Å². The van der Waals surface area contributed by atoms with Gasteiger partial charge in [0.05, 0.1) is 0 Å². The van der Waals surface area contributed by atoms with E-state index in [1.165, 1.54) is 69.7 Å². The SMILES string of the molecule is CC(C)C1CCCCC1(c1ccc(N(c2ccccc2)c2ccccc2)cc1)c1ccc(N(c2ccccc2)c2ccc3c(c2)C(C)(C)c2ccccc2-3)cc1. The van der Waals surface area contributed by atoms with Gasteiger partial charge in [-0.05, 0) is 131 Å². The molecule has 0 N–H and O–H groups in total. The maximum absolute atomic E-state index is 2.45. The molecule has 56 heavy (non-hydrogen) atoms. The van der Waals surface area contributed by atoms with Gasteiger partial charge in [0.2, 0.25) is 0 Å². The quantitative estimate of drug-likeness (QED) is 0.146. The second-order valence-corrected chi connectivity index (χ2v) is 16.7. The second-order valence-electron chi connectivity index (χ2n) is 16.7. The summed E-state index contributed by atoms with van der Waals surface area (Å²) in [6, 6.07) is 67.5. The maximum Gasteiger partial charge on any atom is 0.0465 e. The summed E-state index contributed by atoms with van der Waals surface area (Å²) in [5, 5.41) is 0. The molecule has 0 bridgehead atoms. The predicted molar refractivity (Wildman–Crippen MR) is 237 cm³/mol. The van der Waals surface area contributed by atoms with E-state index in [0.717, 1.165) is 23.5 Å². The van der Waals surface area contributed by atoms with Gasteiger partial charge in [-0.3, -0.25) is 0 Å². The monoisotopic (exact) mass is 728 g/mol. The Balaban J connectivity index is 1.12. The minimum atomic E-state index is -0.0747. The first-order chi connectivity index (χ1) is 27.4. The molecule has 0 saturated heterocycles. The van der Waals surface area contributed by atoms with Crippen molar-refractivity contribution >= 4 is 34.1 Å². The summed E-state index contributed by atoms with van der Waals surface area (Å²) in [6.45, 7) is 9.60. The first kappa shape index (κ1) is 35.8. The maximum atomic E-state index is 2.45. The Bertz CT molecular complexity index is 2370. The lowest BCUT2D eigenvalue weighted by Gasteiger charge is -2.48. The second kappa shape index (κ2) is 14.7. The smallest absolute Gasteiger partial charge is 0.0465 e. The van der Waals surface area contributed by atoms with Crippen LogP contribution in [0.4, 0.5) is 34.1 Å². The number of rotatable bonds is 9. The molecule has 0 radical (unpaired) electrons. The zero-order chi connectivity index (χ0) is 38.3. The van der Waals surface area contributed by atoms with Gasteiger partial charge in [0.1, 0.15) is 0 Å². The molecule has 1 fully saturated rings. The van der Waals surface area contributed by atoms with Crippen LogP contribution < -0.4 is 9.80 Å². The molecular formula is C54H52N2. The van der Waals surface area contributed by atoms with Crippen LogP contribution in [0.25, 0.3) is 11.1 Å². The fourth-order valence-corrected chi connectivity index (χ4v) is 10.3. The zero-order valence-corrected chi connectivity index (χ0v) is 33.2. The van der Waals surface area contributed by atoms with Crippen molar-refractivity contribution in [3.8, 4) is 11.1 Å². The summed E-state index contributed by atoms with van der Waals surface area (Å²) in [5.41, 5.74) is 15.2. The van der Waals surface area contributed by atoms with Crippen molar-refractivity contribution in [1.29, 1.82) is 0 Å². The van der Waals surface area contributed by atoms with Gasteiger partial charge < -0.3 is 9.80 Å². The fourth-order valence-electron chi connectivity index (χ4n) is 10.3. The summed E-state index contributed by atoms with van der Waals surface area (Å²) in [5.74, 6) is 1.09. The Morgan fingerprint density at radius 3 is 1.39 bits per heavy atom. The zero-order valence-electron chi connectivity index (χ0n) is 33.2. The number of fused-ring (bicyclic) bond motifs is 3. The van der Waals surface area contributed by atoms with Gasteiger partial charge in [0.25, 0.3) is 0 Å². The van der Waals surface area contributed by atoms with E-state index in [0.29, 0.717) is 11.8 Å². The molecule has 0 heterocycles. The molecule has 278 valence electrons. The third-order valence-electron chi connectivity index (χ3n) is 12.9. The van der Waals surface area contributed by atoms with Crippen LogP contribution in [0.2, 0.25) is 0 Å². The standard InChI is InChI=1S/C54H52N2/c1-39(2)50-25-16-17-37-54(50,40-27-31-45(32-28-40)55(42-18-8-5-9-19-42)43-20-10-6-11-21-43)41-29-33-46(34-30-41)56(44-22-12-7-13-23-44)47-35-36-49-48-24-14-15-26-51(48)53(3,4)52(49)38-47/h5-15,18-24,26-36,38-39,50H,16-17,25,37H2,1-4H3. The highest BCUT2D eigenvalue weighted by atomic mass is 15.1. The summed E-state index contributed by atoms with van der Waals surface area (Å²) < 4.78 is 0. The first-order valence-corrected chi connectivity index (χ1v) is 20.6. The molecule has 7 aromatic carbocycles. The van der Waals surface area contributed by atoms with Gasteiger partial charge in [-0.25, -0.2) is 0 Å². The Labute approximate surface area is 334 Å². The van der Waals surface area contributed by atoms with E-state index in [1.807, 2.05) is 0 Å². The van der Waals surface area contributed by atoms with Crippen molar-refractivity contribution in [1.82, 2.24) is 0 Å². The van der Waals surface area contributed by atoms with Crippen LogP contribution in [0.5, 0.6) is 0 Å². The largest absolute Gasteiger partial charge is 0.311 e. The van der Waals surface area contributed by atoms with Crippen molar-refractivity contribution in [2.75, 3.05) is 9.80 Å². The number of nitrogens with zero attached hydrogens (tertiary/aromatic N) is 2. The molecular weight excluding hydrogens is 677 g/mol. The molecule has 7 aromatic rings. The van der Waals surface area contributed by atoms with Gasteiger partial charge >= 0.3 is 0 Å². The first-order valence-electron chi connectivity index (χ1n) is 20.6. The molecule has 0 aliphatic heterocycles. The van der Waals surface area contributed by atoms with Crippen LogP contribution in [0.3, 0.4) is 0 Å². The number of anilines is 6. The molecule has 2 nitrogen and oxygen atoms in total. The average Bonchev–Trinajstić information content (AvgIpc) is 3.48. The lowest BCUT2D eigenvalue weighted by atomic mass is 9.56. The molecule has 2 aliphatic rings. The Kier molecular flexibility index (Phi) is 9.38. The van der Waals surface area contributed by atoms with Crippen molar-refractivity contribution in [2.24, 2.45) is 11.8 Å². The Hall–Kier alpha value is -5.86. The Morgan fingerprint density at radius 1 is 0.446 bits per heavy atom. The van der Waals surface area contributed by atoms with Gasteiger partial charge in [-0.2, -0.15) is 0 Å². The molecule has 9 rings (SSSR count). The number of para-hydroxylation sites is 3. The molecule has 0 amide bonds. The van der Waals surface area contributed by atoms with Crippen LogP contribution in [0.1, 0.15) is 75.6 Å². The highest BCUT2D eigenvalue weighted by molar-refractivity contribution is 5.85. The van der Waals surface area contributed by atoms with Crippen molar-refractivity contribution in [2.45, 2.75) is 64.2 Å². The van der Waals surface area contributed by atoms with E-state index in [4.69, 9.17) is 0 Å². The summed E-state index contributed by atoms with van der Waals surface area (Å²) >= 11 is 0. The van der Waals surface area contributed by atoms with E-state index in [-0.39, 0.29) is 10.8 Å². The third kappa shape index (κ3) is 6.13. The van der Waals surface area contributed by atoms with Crippen LogP contribution in [0, 0.1) is 11.8 Å². The van der Waals surface area contributed by atoms with Crippen molar-refractivity contribution < 1.29 is 0 Å². The molecule has 2 unspecified atom stereocenters. The van der Waals surface area contributed by atoms with Gasteiger partial charge in [-0.15, -0.1) is 0 Å². The summed E-state index contributed by atoms with van der Waals surface area (Å²) in [6.07, 6.45) is 4.91. The van der Waals surface area contributed by atoms with Crippen LogP contribution in [-0.2, 0) is 10.8 Å². The minimum Gasteiger partial charge on any atom is -0.311 e. The highest BCUT2D eigenvalue weighted by Gasteiger charge is 2.45. The summed E-state index contributed by atoms with van der Waals surface area (Å²) in [4.78, 5) is 4.80. The van der Waals surface area contributed by atoms with E-state index in [2.05, 4.69) is 219 Å². The summed E-state index contributed by atoms with van der Waals surface area (Å²) in [7, 11) is 0. The number of benzene rings is 7. The average molecular weight is 729 g/mol. The highest BCUT2D eigenvalue weighted by Crippen LogP contribution is 2.54. The minimum absolute atomic E-state index is 0.0673. The topological polar surface area (TPSA) is 6.48 Å². The van der Waals surface area contributed by atoms with E-state index >= 15 is 0 Å². The van der Waals surface area contributed by atoms with E-state index < -0.39 is 0 Å². The van der Waals surface area contributed by atoms with E-state index in [1.54, 1.807) is 0 Å². The van der Waals surface area contributed by atoms with Crippen LogP contribution >= 0.6 is 0 Å². The molecule has 1 saturated carbocycles. The lowest BCUT2D eigenvalue weighted by molar-refractivity contribution is 0.170. The lowest BCUT2D eigenvalue weighted by Crippen LogP contribution is -2.42. The molecule has 0 aromatic heterocycles. The normalized spacial score (nSPS) is 18.3. The van der Waals surface area contributed by atoms with Gasteiger partial charge in [0.15, 0.2) is 0 Å². The molecule has 2 aliphatic carbocycles. The third-order valence-corrected chi connectivity index (χ3v) is 12.9. The Morgan fingerprint density at radius 2 is 0.875 bits per heavy atom. The van der Waals surface area contributed by atoms with Crippen LogP contribution in [0.15, 0.2) is 182 Å². The van der Waals surface area contributed by atoms with Crippen molar-refractivity contribution in [3.63, 3.8) is 0 Å². The fraction of sp³-hybridized carbons (Fsp3) is 0.222. The number of hydrogen-bond acceptors (Lipinski definition) is 2. The van der Waals surface area contributed by atoms with Gasteiger partial charge in [-0.1, -0.05) is 150 Å². The van der Waals surface area contributed by atoms with E-state index in [9.17, 15) is 0 Å². The molecule has 2 atom stereocenters. The van der Waals surface area contributed by atoms with Crippen LogP contribution in [-0.4, -0.2) is 0 Å². The molecule has 2 heteroatoms.